The molecule has 1 fully saturated rings. The molecule has 78 valence electrons. The molecule has 0 aromatic heterocycles. The van der Waals surface area contributed by atoms with Gasteiger partial charge in [0.1, 0.15) is 5.84 Å². The van der Waals surface area contributed by atoms with Gasteiger partial charge in [-0.15, -0.1) is 0 Å². The number of rotatable bonds is 2. The molecule has 2 aliphatic heterocycles. The van der Waals surface area contributed by atoms with E-state index in [4.69, 9.17) is 0 Å². The van der Waals surface area contributed by atoms with Crippen molar-refractivity contribution in [3.8, 4) is 0 Å². The maximum absolute atomic E-state index is 4.52. The highest BCUT2D eigenvalue weighted by Gasteiger charge is 2.23. The van der Waals surface area contributed by atoms with Crippen molar-refractivity contribution in [2.45, 2.75) is 19.0 Å². The fourth-order valence-electron chi connectivity index (χ4n) is 1.88. The summed E-state index contributed by atoms with van der Waals surface area (Å²) in [5.41, 5.74) is 6.22. The van der Waals surface area contributed by atoms with Crippen LogP contribution in [0.5, 0.6) is 0 Å². The Morgan fingerprint density at radius 2 is 2.21 bits per heavy atom. The molecule has 0 amide bonds. The van der Waals surface area contributed by atoms with Gasteiger partial charge in [0.2, 0.25) is 0 Å². The van der Waals surface area contributed by atoms with Gasteiger partial charge in [-0.05, 0) is 25.9 Å². The van der Waals surface area contributed by atoms with Crippen molar-refractivity contribution in [3.05, 3.63) is 0 Å². The van der Waals surface area contributed by atoms with Gasteiger partial charge in [-0.1, -0.05) is 0 Å². The molecule has 5 heteroatoms. The number of nitrogens with one attached hydrogen (secondary N) is 3. The number of hydrogen-bond acceptors (Lipinski definition) is 5. The second kappa shape index (κ2) is 4.52. The first-order valence-electron chi connectivity index (χ1n) is 5.12. The summed E-state index contributed by atoms with van der Waals surface area (Å²) in [6, 6.07) is 0. The number of aliphatic imine (C=N–C) groups is 2. The van der Waals surface area contributed by atoms with Gasteiger partial charge in [-0.3, -0.25) is 4.99 Å². The molecule has 0 aliphatic carbocycles. The quantitative estimate of drug-likeness (QED) is 0.522. The van der Waals surface area contributed by atoms with E-state index in [1.165, 1.54) is 12.8 Å². The molecule has 0 aromatic rings. The van der Waals surface area contributed by atoms with Crippen LogP contribution in [0.2, 0.25) is 0 Å². The SMILES string of the molecule is CN=CC1N=C(C2CCNCC2)NN1. The third-order valence-corrected chi connectivity index (χ3v) is 2.64. The first-order chi connectivity index (χ1) is 6.90. The number of piperidine rings is 1. The van der Waals surface area contributed by atoms with Crippen LogP contribution in [0, 0.1) is 5.92 Å². The zero-order valence-electron chi connectivity index (χ0n) is 8.45. The lowest BCUT2D eigenvalue weighted by Crippen LogP contribution is -2.41. The van der Waals surface area contributed by atoms with Crippen molar-refractivity contribution in [3.63, 3.8) is 0 Å². The molecule has 0 saturated carbocycles. The minimum absolute atomic E-state index is 0.0184. The molecule has 2 rings (SSSR count). The van der Waals surface area contributed by atoms with Crippen LogP contribution in [0.25, 0.3) is 0 Å². The largest absolute Gasteiger partial charge is 0.317 e. The van der Waals surface area contributed by atoms with Crippen molar-refractivity contribution in [2.75, 3.05) is 20.1 Å². The Labute approximate surface area is 84.1 Å². The van der Waals surface area contributed by atoms with Crippen LogP contribution >= 0.6 is 0 Å². The molecule has 0 aromatic carbocycles. The van der Waals surface area contributed by atoms with E-state index in [-0.39, 0.29) is 6.17 Å². The molecular formula is C9H17N5. The average Bonchev–Trinajstić information content (AvgIpc) is 2.68. The third kappa shape index (κ3) is 2.10. The van der Waals surface area contributed by atoms with Crippen molar-refractivity contribution in [2.24, 2.45) is 15.9 Å². The van der Waals surface area contributed by atoms with Gasteiger partial charge in [0.05, 0.1) is 0 Å². The average molecular weight is 195 g/mol. The summed E-state index contributed by atoms with van der Waals surface area (Å²) in [6.07, 6.45) is 4.17. The van der Waals surface area contributed by atoms with E-state index < -0.39 is 0 Å². The Kier molecular flexibility index (Phi) is 3.10. The molecule has 3 N–H and O–H groups in total. The van der Waals surface area contributed by atoms with Gasteiger partial charge < -0.3 is 10.7 Å². The minimum Gasteiger partial charge on any atom is -0.317 e. The molecule has 0 spiro atoms. The summed E-state index contributed by atoms with van der Waals surface area (Å²) in [5.74, 6) is 1.68. The molecule has 2 aliphatic rings. The number of amidine groups is 1. The fraction of sp³-hybridized carbons (Fsp3) is 0.778. The summed E-state index contributed by atoms with van der Waals surface area (Å²) in [6.45, 7) is 2.19. The Bertz CT molecular complexity index is 242. The van der Waals surface area contributed by atoms with Crippen molar-refractivity contribution >= 4 is 12.1 Å². The molecule has 0 radical (unpaired) electrons. The van der Waals surface area contributed by atoms with E-state index in [9.17, 15) is 0 Å². The normalized spacial score (nSPS) is 29.2. The van der Waals surface area contributed by atoms with Crippen molar-refractivity contribution < 1.29 is 0 Å². The van der Waals surface area contributed by atoms with Gasteiger partial charge in [0.25, 0.3) is 0 Å². The third-order valence-electron chi connectivity index (χ3n) is 2.64. The van der Waals surface area contributed by atoms with Crippen LogP contribution < -0.4 is 16.2 Å². The molecule has 2 heterocycles. The van der Waals surface area contributed by atoms with Crippen molar-refractivity contribution in [1.29, 1.82) is 0 Å². The van der Waals surface area contributed by atoms with Gasteiger partial charge in [-0.25, -0.2) is 10.4 Å². The highest BCUT2D eigenvalue weighted by Crippen LogP contribution is 2.14. The summed E-state index contributed by atoms with van der Waals surface area (Å²) in [7, 11) is 1.76. The smallest absolute Gasteiger partial charge is 0.153 e. The van der Waals surface area contributed by atoms with Crippen LogP contribution in [0.4, 0.5) is 0 Å². The first kappa shape index (κ1) is 9.61. The lowest BCUT2D eigenvalue weighted by atomic mass is 9.97. The lowest BCUT2D eigenvalue weighted by Gasteiger charge is -2.22. The lowest BCUT2D eigenvalue weighted by molar-refractivity contribution is 0.449. The van der Waals surface area contributed by atoms with Crippen LogP contribution in [-0.2, 0) is 0 Å². The number of hydrazine groups is 1. The second-order valence-electron chi connectivity index (χ2n) is 3.66. The summed E-state index contributed by atoms with van der Waals surface area (Å²) >= 11 is 0. The highest BCUT2D eigenvalue weighted by molar-refractivity contribution is 5.88. The second-order valence-corrected chi connectivity index (χ2v) is 3.66. The summed E-state index contributed by atoms with van der Waals surface area (Å²) < 4.78 is 0. The molecule has 1 atom stereocenters. The van der Waals surface area contributed by atoms with Crippen LogP contribution in [0.15, 0.2) is 9.98 Å². The van der Waals surface area contributed by atoms with Gasteiger partial charge in [-0.2, -0.15) is 0 Å². The topological polar surface area (TPSA) is 60.8 Å². The van der Waals surface area contributed by atoms with Gasteiger partial charge in [0.15, 0.2) is 6.17 Å². The fourth-order valence-corrected chi connectivity index (χ4v) is 1.88. The molecule has 1 unspecified atom stereocenters. The first-order valence-corrected chi connectivity index (χ1v) is 5.12. The summed E-state index contributed by atoms with van der Waals surface area (Å²) in [4.78, 5) is 8.47. The maximum Gasteiger partial charge on any atom is 0.153 e. The molecule has 14 heavy (non-hydrogen) atoms. The summed E-state index contributed by atoms with van der Waals surface area (Å²) in [5, 5.41) is 3.35. The van der Waals surface area contributed by atoms with Crippen LogP contribution in [0.1, 0.15) is 12.8 Å². The van der Waals surface area contributed by atoms with Crippen LogP contribution in [-0.4, -0.2) is 38.4 Å². The monoisotopic (exact) mass is 195 g/mol. The Morgan fingerprint density at radius 3 is 2.93 bits per heavy atom. The zero-order chi connectivity index (χ0) is 9.80. The van der Waals surface area contributed by atoms with E-state index in [2.05, 4.69) is 26.2 Å². The molecule has 1 saturated heterocycles. The van der Waals surface area contributed by atoms with E-state index >= 15 is 0 Å². The van der Waals surface area contributed by atoms with Gasteiger partial charge in [0, 0.05) is 19.2 Å². The van der Waals surface area contributed by atoms with E-state index in [0.717, 1.165) is 18.9 Å². The maximum atomic E-state index is 4.52. The number of nitrogens with zero attached hydrogens (tertiary/aromatic N) is 2. The molecular weight excluding hydrogens is 178 g/mol. The van der Waals surface area contributed by atoms with Gasteiger partial charge >= 0.3 is 0 Å². The Morgan fingerprint density at radius 1 is 1.43 bits per heavy atom. The predicted molar refractivity (Wildman–Crippen MR) is 57.5 cm³/mol. The number of hydrogen-bond donors (Lipinski definition) is 3. The van der Waals surface area contributed by atoms with E-state index in [0.29, 0.717) is 5.92 Å². The Hall–Kier alpha value is -0.940. The zero-order valence-corrected chi connectivity index (χ0v) is 8.45. The Balaban J connectivity index is 1.94. The minimum atomic E-state index is 0.0184. The van der Waals surface area contributed by atoms with Crippen LogP contribution in [0.3, 0.4) is 0 Å². The highest BCUT2D eigenvalue weighted by atomic mass is 15.5. The van der Waals surface area contributed by atoms with Crippen molar-refractivity contribution in [1.82, 2.24) is 16.2 Å². The standard InChI is InChI=1S/C9H17N5/c1-10-6-8-12-9(14-13-8)7-2-4-11-5-3-7/h6-8,11,13H,2-5H2,1H3,(H,12,14). The van der Waals surface area contributed by atoms with E-state index in [1.807, 2.05) is 0 Å². The molecule has 5 nitrogen and oxygen atoms in total. The predicted octanol–water partition coefficient (Wildman–Crippen LogP) is -0.481. The molecule has 0 bridgehead atoms. The van der Waals surface area contributed by atoms with E-state index in [1.54, 1.807) is 13.3 Å².